The number of hydrogen-bond donors (Lipinski definition) is 2. The first-order valence-corrected chi connectivity index (χ1v) is 10.0. The van der Waals surface area contributed by atoms with Crippen molar-refractivity contribution in [1.82, 2.24) is 10.4 Å². The molecular formula is C18H22N2O8S. The summed E-state index contributed by atoms with van der Waals surface area (Å²) < 4.78 is 10.6. The third-order valence-electron chi connectivity index (χ3n) is 4.83. The topological polar surface area (TPSA) is 131 Å². The Morgan fingerprint density at radius 3 is 2.72 bits per heavy atom. The number of nitrogens with one attached hydrogen (secondary N) is 1. The summed E-state index contributed by atoms with van der Waals surface area (Å²) in [4.78, 5) is 53.1. The number of carboxylic acid groups (broad SMARTS) is 1. The Kier molecular flexibility index (Phi) is 5.90. The first-order valence-electron chi connectivity index (χ1n) is 9.05. The van der Waals surface area contributed by atoms with E-state index in [4.69, 9.17) is 14.3 Å². The van der Waals surface area contributed by atoms with Gasteiger partial charge in [-0.05, 0) is 32.4 Å². The molecule has 3 aliphatic rings. The van der Waals surface area contributed by atoms with Gasteiger partial charge < -0.3 is 19.9 Å². The molecule has 0 saturated carbocycles. The van der Waals surface area contributed by atoms with Crippen molar-refractivity contribution in [2.24, 2.45) is 0 Å². The number of aliphatic carboxylic acids is 1. The predicted molar refractivity (Wildman–Crippen MR) is 99.9 cm³/mol. The highest BCUT2D eigenvalue weighted by Crippen LogP contribution is 2.34. The van der Waals surface area contributed by atoms with Crippen LogP contribution in [0.25, 0.3) is 0 Å². The maximum atomic E-state index is 12.6. The summed E-state index contributed by atoms with van der Waals surface area (Å²) in [5.74, 6) is -3.45. The van der Waals surface area contributed by atoms with E-state index in [0.29, 0.717) is 10.2 Å². The number of carbonyl (C=O) groups excluding carboxylic acids is 3. The fourth-order valence-electron chi connectivity index (χ4n) is 3.19. The zero-order valence-corrected chi connectivity index (χ0v) is 17.0. The van der Waals surface area contributed by atoms with E-state index in [1.165, 1.54) is 11.8 Å². The molecule has 0 bridgehead atoms. The number of thioether (sulfide) groups is 1. The van der Waals surface area contributed by atoms with Gasteiger partial charge in [-0.3, -0.25) is 19.2 Å². The quantitative estimate of drug-likeness (QED) is 0.589. The number of allylic oxidation sites excluding steroid dienone is 2. The van der Waals surface area contributed by atoms with Crippen molar-refractivity contribution in [2.75, 3.05) is 12.4 Å². The van der Waals surface area contributed by atoms with Crippen LogP contribution in [0, 0.1) is 0 Å². The fourth-order valence-corrected chi connectivity index (χ4v) is 4.14. The van der Waals surface area contributed by atoms with Crippen molar-refractivity contribution < 1.29 is 38.6 Å². The van der Waals surface area contributed by atoms with Crippen LogP contribution in [-0.2, 0) is 33.5 Å². The largest absolute Gasteiger partial charge is 0.480 e. The molecule has 3 atom stereocenters. The lowest BCUT2D eigenvalue weighted by Gasteiger charge is -2.30. The molecule has 158 valence electrons. The molecule has 29 heavy (non-hydrogen) atoms. The summed E-state index contributed by atoms with van der Waals surface area (Å²) in [5, 5.41) is 13.2. The van der Waals surface area contributed by atoms with Crippen molar-refractivity contribution in [3.05, 3.63) is 22.3 Å². The molecule has 11 heteroatoms. The smallest absolute Gasteiger partial charge is 0.372 e. The summed E-state index contributed by atoms with van der Waals surface area (Å²) >= 11 is 1.21. The van der Waals surface area contributed by atoms with Crippen LogP contribution in [-0.4, -0.2) is 64.2 Å². The second kappa shape index (κ2) is 8.07. The van der Waals surface area contributed by atoms with E-state index in [1.54, 1.807) is 0 Å². The van der Waals surface area contributed by atoms with Gasteiger partial charge in [0.1, 0.15) is 18.8 Å². The predicted octanol–water partition coefficient (Wildman–Crippen LogP) is 0.693. The SMILES string of the molecule is CC1=CC(C)OC(SCC(=O)N[C@H]2CON(C3(C(=O)O)CCC(=O)O3)C2=O)=C1C. The highest BCUT2D eigenvalue weighted by atomic mass is 32.2. The molecule has 2 amide bonds. The summed E-state index contributed by atoms with van der Waals surface area (Å²) in [6.45, 7) is 5.51. The number of carboxylic acids is 1. The first kappa shape index (κ1) is 21.2. The molecule has 0 aromatic heterocycles. The van der Waals surface area contributed by atoms with E-state index in [9.17, 15) is 24.3 Å². The van der Waals surface area contributed by atoms with E-state index in [1.807, 2.05) is 26.8 Å². The van der Waals surface area contributed by atoms with Crippen LogP contribution in [0.15, 0.2) is 22.3 Å². The van der Waals surface area contributed by atoms with Crippen LogP contribution < -0.4 is 5.32 Å². The number of amides is 2. The number of cyclic esters (lactones) is 1. The minimum Gasteiger partial charge on any atom is -0.480 e. The van der Waals surface area contributed by atoms with Gasteiger partial charge in [-0.1, -0.05) is 11.8 Å². The standard InChI is InChI=1S/C18H22N2O8S/c1-9-6-10(2)27-16(11(9)3)29-8-13(21)19-12-7-26-20(15(12)23)18(17(24)25)5-4-14(22)28-18/h6,10,12H,4-5,7-8H2,1-3H3,(H,19,21)(H,24,25)/t10?,12-,18?/m0/s1. The molecule has 3 heterocycles. The van der Waals surface area contributed by atoms with Crippen molar-refractivity contribution in [3.63, 3.8) is 0 Å². The van der Waals surface area contributed by atoms with Gasteiger partial charge in [-0.15, -0.1) is 0 Å². The fraction of sp³-hybridized carbons (Fsp3) is 0.556. The lowest BCUT2D eigenvalue weighted by Crippen LogP contribution is -2.56. The Balaban J connectivity index is 1.59. The molecule has 10 nitrogen and oxygen atoms in total. The van der Waals surface area contributed by atoms with Crippen molar-refractivity contribution in [2.45, 2.75) is 51.5 Å². The summed E-state index contributed by atoms with van der Waals surface area (Å²) in [7, 11) is 0. The van der Waals surface area contributed by atoms with Gasteiger partial charge in [0.15, 0.2) is 5.09 Å². The highest BCUT2D eigenvalue weighted by molar-refractivity contribution is 8.03. The van der Waals surface area contributed by atoms with Crippen LogP contribution in [0.3, 0.4) is 0 Å². The Labute approximate surface area is 171 Å². The van der Waals surface area contributed by atoms with Crippen molar-refractivity contribution in [1.29, 1.82) is 0 Å². The van der Waals surface area contributed by atoms with E-state index < -0.39 is 35.5 Å². The molecule has 2 N–H and O–H groups in total. The third kappa shape index (κ3) is 4.10. The number of rotatable bonds is 6. The second-order valence-corrected chi connectivity index (χ2v) is 7.93. The maximum Gasteiger partial charge on any atom is 0.372 e. The highest BCUT2D eigenvalue weighted by Gasteiger charge is 2.59. The monoisotopic (exact) mass is 426 g/mol. The Morgan fingerprint density at radius 2 is 2.10 bits per heavy atom. The van der Waals surface area contributed by atoms with Gasteiger partial charge in [0.05, 0.1) is 12.2 Å². The number of esters is 1. The first-order chi connectivity index (χ1) is 13.6. The molecule has 2 unspecified atom stereocenters. The van der Waals surface area contributed by atoms with Crippen LogP contribution in [0.4, 0.5) is 0 Å². The number of hydroxylamine groups is 2. The minimum absolute atomic E-state index is 0.00944. The van der Waals surface area contributed by atoms with E-state index in [0.717, 1.165) is 11.1 Å². The van der Waals surface area contributed by atoms with Gasteiger partial charge in [0.2, 0.25) is 5.91 Å². The molecule has 2 fully saturated rings. The Bertz CT molecular complexity index is 823. The van der Waals surface area contributed by atoms with Crippen molar-refractivity contribution >= 4 is 35.5 Å². The molecule has 0 spiro atoms. The normalized spacial score (nSPS) is 29.5. The summed E-state index contributed by atoms with van der Waals surface area (Å²) in [5.41, 5.74) is -0.175. The number of nitrogens with zero attached hydrogens (tertiary/aromatic N) is 1. The molecule has 2 saturated heterocycles. The Morgan fingerprint density at radius 1 is 1.38 bits per heavy atom. The molecule has 3 aliphatic heterocycles. The maximum absolute atomic E-state index is 12.6. The third-order valence-corrected chi connectivity index (χ3v) is 5.90. The molecule has 0 radical (unpaired) electrons. The Hall–Kier alpha value is -2.53. The van der Waals surface area contributed by atoms with Crippen LogP contribution in [0.1, 0.15) is 33.6 Å². The zero-order valence-electron chi connectivity index (χ0n) is 16.2. The van der Waals surface area contributed by atoms with Crippen molar-refractivity contribution in [3.8, 4) is 0 Å². The van der Waals surface area contributed by atoms with E-state index >= 15 is 0 Å². The average Bonchev–Trinajstić information content (AvgIpc) is 3.21. The number of ether oxygens (including phenoxy) is 2. The van der Waals surface area contributed by atoms with Crippen LogP contribution in [0.2, 0.25) is 0 Å². The number of hydrogen-bond acceptors (Lipinski definition) is 8. The molecule has 0 aliphatic carbocycles. The van der Waals surface area contributed by atoms with Gasteiger partial charge >= 0.3 is 17.7 Å². The lowest BCUT2D eigenvalue weighted by molar-refractivity contribution is -0.256. The molecule has 0 aromatic rings. The summed E-state index contributed by atoms with van der Waals surface area (Å²) in [6.07, 6.45) is 1.52. The van der Waals surface area contributed by atoms with E-state index in [2.05, 4.69) is 5.32 Å². The van der Waals surface area contributed by atoms with Crippen LogP contribution >= 0.6 is 11.8 Å². The van der Waals surface area contributed by atoms with Gasteiger partial charge in [0, 0.05) is 12.0 Å². The zero-order chi connectivity index (χ0) is 21.3. The minimum atomic E-state index is -2.19. The average molecular weight is 426 g/mol. The van der Waals surface area contributed by atoms with E-state index in [-0.39, 0.29) is 31.3 Å². The lowest BCUT2D eigenvalue weighted by atomic mass is 10.1. The van der Waals surface area contributed by atoms with Gasteiger partial charge in [0.25, 0.3) is 5.91 Å². The van der Waals surface area contributed by atoms with Gasteiger partial charge in [-0.2, -0.15) is 5.06 Å². The molecule has 3 rings (SSSR count). The molecule has 0 aromatic carbocycles. The van der Waals surface area contributed by atoms with Crippen LogP contribution in [0.5, 0.6) is 0 Å². The molecular weight excluding hydrogens is 404 g/mol. The number of carbonyl (C=O) groups is 4. The summed E-state index contributed by atoms with van der Waals surface area (Å²) in [6, 6.07) is -1.07. The second-order valence-electron chi connectivity index (χ2n) is 6.99. The van der Waals surface area contributed by atoms with Gasteiger partial charge in [-0.25, -0.2) is 4.79 Å².